The topological polar surface area (TPSA) is 35.5 Å². The molecule has 1 rings (SSSR count). The van der Waals surface area contributed by atoms with Crippen molar-refractivity contribution in [2.75, 3.05) is 20.3 Å². The number of likely N-dealkylation sites (N-methyl/N-ethyl adjacent to an activating group) is 1. The summed E-state index contributed by atoms with van der Waals surface area (Å²) in [5, 5.41) is 11.9. The van der Waals surface area contributed by atoms with Crippen LogP contribution in [-0.2, 0) is 0 Å². The molecule has 0 bridgehead atoms. The molecule has 1 aliphatic rings. The summed E-state index contributed by atoms with van der Waals surface area (Å²) in [5.74, 6) is 0. The Balaban J connectivity index is 2.33. The molecule has 1 aliphatic heterocycles. The van der Waals surface area contributed by atoms with Gasteiger partial charge in [0.15, 0.2) is 0 Å². The molecule has 0 saturated carbocycles. The highest BCUT2D eigenvalue weighted by Gasteiger charge is 2.15. The van der Waals surface area contributed by atoms with E-state index in [-0.39, 0.29) is 6.23 Å². The van der Waals surface area contributed by atoms with Gasteiger partial charge in [0.2, 0.25) is 0 Å². The molecule has 0 amide bonds. The van der Waals surface area contributed by atoms with Crippen molar-refractivity contribution in [1.29, 1.82) is 0 Å². The molecule has 0 spiro atoms. The average Bonchev–Trinajstić information content (AvgIpc) is 1.91. The molecule has 7 heavy (non-hydrogen) atoms. The molecule has 0 aromatic carbocycles. The lowest BCUT2D eigenvalue weighted by molar-refractivity contribution is 0.0671. The van der Waals surface area contributed by atoms with Gasteiger partial charge in [-0.3, -0.25) is 4.90 Å². The molecular formula is C4H10N2O. The Morgan fingerprint density at radius 3 is 2.71 bits per heavy atom. The van der Waals surface area contributed by atoms with E-state index in [1.54, 1.807) is 0 Å². The number of rotatable bonds is 0. The van der Waals surface area contributed by atoms with Gasteiger partial charge in [-0.1, -0.05) is 0 Å². The molecule has 1 unspecified atom stereocenters. The summed E-state index contributed by atoms with van der Waals surface area (Å²) in [4.78, 5) is 1.85. The third-order valence-electron chi connectivity index (χ3n) is 1.20. The number of hydrogen-bond donors (Lipinski definition) is 2. The zero-order valence-corrected chi connectivity index (χ0v) is 4.39. The van der Waals surface area contributed by atoms with Crippen LogP contribution in [0.3, 0.4) is 0 Å². The van der Waals surface area contributed by atoms with Crippen LogP contribution < -0.4 is 5.32 Å². The molecule has 2 N–H and O–H groups in total. The van der Waals surface area contributed by atoms with Crippen molar-refractivity contribution >= 4 is 0 Å². The molecule has 1 heterocycles. The summed E-state index contributed by atoms with van der Waals surface area (Å²) < 4.78 is 0. The van der Waals surface area contributed by atoms with Crippen LogP contribution in [0.25, 0.3) is 0 Å². The summed E-state index contributed by atoms with van der Waals surface area (Å²) in [7, 11) is 1.88. The van der Waals surface area contributed by atoms with Crippen molar-refractivity contribution in [1.82, 2.24) is 10.2 Å². The summed E-state index contributed by atoms with van der Waals surface area (Å²) >= 11 is 0. The van der Waals surface area contributed by atoms with E-state index in [0.717, 1.165) is 6.67 Å². The average molecular weight is 102 g/mol. The highest BCUT2D eigenvalue weighted by atomic mass is 16.3. The van der Waals surface area contributed by atoms with Crippen LogP contribution in [-0.4, -0.2) is 36.5 Å². The third kappa shape index (κ3) is 0.907. The molecule has 0 aromatic rings. The SMILES string of the molecule is CN1CNCC1O. The number of nitrogens with one attached hydrogen (secondary N) is 1. The normalized spacial score (nSPS) is 34.3. The quantitative estimate of drug-likeness (QED) is 0.403. The second kappa shape index (κ2) is 1.78. The van der Waals surface area contributed by atoms with E-state index in [1.807, 2.05) is 11.9 Å². The number of hydrogen-bond acceptors (Lipinski definition) is 3. The zero-order chi connectivity index (χ0) is 5.28. The summed E-state index contributed by atoms with van der Waals surface area (Å²) in [6.45, 7) is 1.51. The predicted octanol–water partition coefficient (Wildman–Crippen LogP) is -1.20. The van der Waals surface area contributed by atoms with Gasteiger partial charge in [-0.25, -0.2) is 0 Å². The van der Waals surface area contributed by atoms with Gasteiger partial charge in [0, 0.05) is 6.54 Å². The first-order valence-corrected chi connectivity index (χ1v) is 2.40. The van der Waals surface area contributed by atoms with Crippen molar-refractivity contribution < 1.29 is 5.11 Å². The Kier molecular flexibility index (Phi) is 1.27. The smallest absolute Gasteiger partial charge is 0.120 e. The van der Waals surface area contributed by atoms with Crippen LogP contribution in [0.1, 0.15) is 0 Å². The zero-order valence-electron chi connectivity index (χ0n) is 4.39. The van der Waals surface area contributed by atoms with E-state index < -0.39 is 0 Å². The minimum atomic E-state index is -0.264. The lowest BCUT2D eigenvalue weighted by Gasteiger charge is -2.09. The molecule has 1 atom stereocenters. The maximum atomic E-state index is 8.86. The van der Waals surface area contributed by atoms with E-state index in [4.69, 9.17) is 5.11 Å². The fourth-order valence-corrected chi connectivity index (χ4v) is 0.631. The highest BCUT2D eigenvalue weighted by molar-refractivity contribution is 4.65. The predicted molar refractivity (Wildman–Crippen MR) is 26.6 cm³/mol. The van der Waals surface area contributed by atoms with Gasteiger partial charge in [0.05, 0.1) is 6.67 Å². The Labute approximate surface area is 42.9 Å². The lowest BCUT2D eigenvalue weighted by Crippen LogP contribution is -2.25. The Bertz CT molecular complexity index is 58.7. The van der Waals surface area contributed by atoms with Gasteiger partial charge in [0.25, 0.3) is 0 Å². The van der Waals surface area contributed by atoms with E-state index in [1.165, 1.54) is 0 Å². The van der Waals surface area contributed by atoms with E-state index in [9.17, 15) is 0 Å². The van der Waals surface area contributed by atoms with Crippen LogP contribution in [0.5, 0.6) is 0 Å². The van der Waals surface area contributed by atoms with E-state index >= 15 is 0 Å². The second-order valence-electron chi connectivity index (χ2n) is 1.85. The Morgan fingerprint density at radius 1 is 1.86 bits per heavy atom. The maximum Gasteiger partial charge on any atom is 0.120 e. The first-order chi connectivity index (χ1) is 3.30. The third-order valence-corrected chi connectivity index (χ3v) is 1.20. The second-order valence-corrected chi connectivity index (χ2v) is 1.85. The first-order valence-electron chi connectivity index (χ1n) is 2.40. The van der Waals surface area contributed by atoms with Crippen LogP contribution >= 0.6 is 0 Å². The fraction of sp³-hybridized carbons (Fsp3) is 1.00. The monoisotopic (exact) mass is 102 g/mol. The number of aliphatic hydroxyl groups excluding tert-OH is 1. The minimum absolute atomic E-state index is 0.264. The molecule has 0 aliphatic carbocycles. The highest BCUT2D eigenvalue weighted by Crippen LogP contribution is 1.93. The van der Waals surface area contributed by atoms with Crippen molar-refractivity contribution in [3.63, 3.8) is 0 Å². The van der Waals surface area contributed by atoms with Gasteiger partial charge in [-0.05, 0) is 7.05 Å². The molecule has 42 valence electrons. The minimum Gasteiger partial charge on any atom is -0.377 e. The molecule has 3 nitrogen and oxygen atoms in total. The summed E-state index contributed by atoms with van der Waals surface area (Å²) in [6, 6.07) is 0. The van der Waals surface area contributed by atoms with Gasteiger partial charge in [0.1, 0.15) is 6.23 Å². The summed E-state index contributed by atoms with van der Waals surface area (Å²) in [5.41, 5.74) is 0. The van der Waals surface area contributed by atoms with Crippen molar-refractivity contribution in [2.24, 2.45) is 0 Å². The largest absolute Gasteiger partial charge is 0.377 e. The maximum absolute atomic E-state index is 8.86. The standard InChI is InChI=1S/C4H10N2O/c1-6-3-5-2-4(6)7/h4-5,7H,2-3H2,1H3. The van der Waals surface area contributed by atoms with Crippen LogP contribution in [0, 0.1) is 0 Å². The van der Waals surface area contributed by atoms with Crippen molar-refractivity contribution in [3.05, 3.63) is 0 Å². The molecule has 0 radical (unpaired) electrons. The Morgan fingerprint density at radius 2 is 2.57 bits per heavy atom. The van der Waals surface area contributed by atoms with Crippen LogP contribution in [0.15, 0.2) is 0 Å². The first kappa shape index (κ1) is 5.03. The molecule has 1 saturated heterocycles. The number of nitrogens with zero attached hydrogens (tertiary/aromatic N) is 1. The van der Waals surface area contributed by atoms with Crippen LogP contribution in [0.2, 0.25) is 0 Å². The molecule has 0 aromatic heterocycles. The van der Waals surface area contributed by atoms with Gasteiger partial charge in [-0.15, -0.1) is 0 Å². The van der Waals surface area contributed by atoms with E-state index in [2.05, 4.69) is 5.32 Å². The Hall–Kier alpha value is -0.120. The van der Waals surface area contributed by atoms with E-state index in [0.29, 0.717) is 6.54 Å². The molecule has 3 heteroatoms. The molecular weight excluding hydrogens is 92.1 g/mol. The molecule has 1 fully saturated rings. The number of β-amino-alcohol motifs (C(OH)–C–C–N with tert-alkyl or cyclic N) is 1. The fourth-order valence-electron chi connectivity index (χ4n) is 0.631. The van der Waals surface area contributed by atoms with Gasteiger partial charge < -0.3 is 10.4 Å². The van der Waals surface area contributed by atoms with Gasteiger partial charge >= 0.3 is 0 Å². The number of aliphatic hydroxyl groups is 1. The summed E-state index contributed by atoms with van der Waals surface area (Å²) in [6.07, 6.45) is -0.264. The lowest BCUT2D eigenvalue weighted by atomic mass is 10.6. The van der Waals surface area contributed by atoms with Gasteiger partial charge in [-0.2, -0.15) is 0 Å². The van der Waals surface area contributed by atoms with Crippen LogP contribution in [0.4, 0.5) is 0 Å². The van der Waals surface area contributed by atoms with Crippen molar-refractivity contribution in [2.45, 2.75) is 6.23 Å². The van der Waals surface area contributed by atoms with Crippen molar-refractivity contribution in [3.8, 4) is 0 Å².